The van der Waals surface area contributed by atoms with Crippen molar-refractivity contribution in [3.8, 4) is 11.5 Å². The monoisotopic (exact) mass is 433 g/mol. The van der Waals surface area contributed by atoms with Gasteiger partial charge in [0.1, 0.15) is 20.5 Å². The largest absolute Gasteiger partial charge is 0.465 e. The van der Waals surface area contributed by atoms with Crippen LogP contribution in [0, 0.1) is 11.5 Å². The van der Waals surface area contributed by atoms with E-state index in [0.29, 0.717) is 6.42 Å². The Kier molecular flexibility index (Phi) is 8.45. The lowest BCUT2D eigenvalue weighted by atomic mass is 10.0. The minimum Gasteiger partial charge on any atom is -0.465 e. The fourth-order valence-electron chi connectivity index (χ4n) is 2.42. The van der Waals surface area contributed by atoms with Gasteiger partial charge < -0.3 is 19.6 Å². The maximum absolute atomic E-state index is 11.8. The van der Waals surface area contributed by atoms with Gasteiger partial charge in [0.2, 0.25) is 0 Å². The molecule has 0 saturated heterocycles. The lowest BCUT2D eigenvalue weighted by Crippen LogP contribution is -2.53. The minimum absolute atomic E-state index is 0.0889. The van der Waals surface area contributed by atoms with E-state index in [2.05, 4.69) is 57.2 Å². The van der Waals surface area contributed by atoms with Gasteiger partial charge in [0.15, 0.2) is 8.32 Å². The van der Waals surface area contributed by atoms with E-state index in [9.17, 15) is 14.7 Å². The number of hydrogen-bond acceptors (Lipinski definition) is 3. The highest BCUT2D eigenvalue weighted by atomic mass is 28.4. The zero-order valence-electron chi connectivity index (χ0n) is 18.9. The molecule has 0 aromatic heterocycles. The fraction of sp³-hybridized carbons (Fsp3) is 0.545. The molecule has 0 unspecified atom stereocenters. The Morgan fingerprint density at radius 1 is 1.24 bits per heavy atom. The number of carbonyl (C=O) groups is 2. The third-order valence-corrected chi connectivity index (χ3v) is 10.4. The normalized spacial score (nSPS) is 14.3. The summed E-state index contributed by atoms with van der Waals surface area (Å²) in [7, 11) is -3.74. The van der Waals surface area contributed by atoms with Crippen molar-refractivity contribution in [1.82, 2.24) is 5.32 Å². The molecule has 0 radical (unpaired) electrons. The summed E-state index contributed by atoms with van der Waals surface area (Å²) in [5.41, 5.74) is 5.15. The molecular weight excluding hydrogens is 398 g/mol. The molecule has 0 aliphatic carbocycles. The molecule has 0 heterocycles. The fourth-order valence-corrected chi connectivity index (χ4v) is 4.19. The molecule has 2 atom stereocenters. The van der Waals surface area contributed by atoms with Gasteiger partial charge in [-0.05, 0) is 42.2 Å². The molecule has 1 aromatic carbocycles. The minimum atomic E-state index is -2.25. The zero-order valence-corrected chi connectivity index (χ0v) is 20.9. The number of amides is 1. The van der Waals surface area contributed by atoms with E-state index in [1.54, 1.807) is 0 Å². The highest BCUT2D eigenvalue weighted by molar-refractivity contribution is 6.83. The molecule has 2 N–H and O–H groups in total. The van der Waals surface area contributed by atoms with Gasteiger partial charge in [-0.3, -0.25) is 0 Å². The second-order valence-electron chi connectivity index (χ2n) is 9.94. The van der Waals surface area contributed by atoms with E-state index in [0.717, 1.165) is 17.4 Å². The van der Waals surface area contributed by atoms with Crippen LogP contribution in [0.3, 0.4) is 0 Å². The molecular formula is C22H35NO4Si2. The SMILES string of the molecule is CC(C)(C)[Si](C)(C)O[C@H](C=O)[C@H](Cc1cccc(C#C[Si](C)(C)C)c1)NC(=O)O. The second-order valence-corrected chi connectivity index (χ2v) is 19.4. The Balaban J connectivity index is 3.14. The first-order chi connectivity index (χ1) is 13.1. The van der Waals surface area contributed by atoms with Crippen molar-refractivity contribution in [2.24, 2.45) is 0 Å². The summed E-state index contributed by atoms with van der Waals surface area (Å²) in [5, 5.41) is 11.7. The third kappa shape index (κ3) is 8.56. The van der Waals surface area contributed by atoms with Gasteiger partial charge in [-0.15, -0.1) is 5.54 Å². The van der Waals surface area contributed by atoms with E-state index >= 15 is 0 Å². The maximum atomic E-state index is 11.8. The van der Waals surface area contributed by atoms with Crippen molar-refractivity contribution in [3.05, 3.63) is 35.4 Å². The van der Waals surface area contributed by atoms with Crippen molar-refractivity contribution in [2.45, 2.75) is 77.1 Å². The van der Waals surface area contributed by atoms with Crippen LogP contribution in [0.15, 0.2) is 24.3 Å². The van der Waals surface area contributed by atoms with Crippen molar-refractivity contribution < 1.29 is 19.1 Å². The second kappa shape index (κ2) is 9.74. The van der Waals surface area contributed by atoms with Crippen molar-refractivity contribution in [1.29, 1.82) is 0 Å². The van der Waals surface area contributed by atoms with Gasteiger partial charge >= 0.3 is 6.09 Å². The van der Waals surface area contributed by atoms with Crippen LogP contribution in [-0.4, -0.2) is 46.0 Å². The molecule has 0 spiro atoms. The average molecular weight is 434 g/mol. The quantitative estimate of drug-likeness (QED) is 0.372. The summed E-state index contributed by atoms with van der Waals surface area (Å²) < 4.78 is 6.23. The topological polar surface area (TPSA) is 75.6 Å². The van der Waals surface area contributed by atoms with Crippen molar-refractivity contribution in [2.75, 3.05) is 0 Å². The smallest absolute Gasteiger partial charge is 0.404 e. The Bertz CT molecular complexity index is 782. The number of aldehydes is 1. The molecule has 0 aliphatic rings. The van der Waals surface area contributed by atoms with E-state index < -0.39 is 34.6 Å². The number of rotatable bonds is 7. The van der Waals surface area contributed by atoms with Crippen LogP contribution in [0.1, 0.15) is 31.9 Å². The summed E-state index contributed by atoms with van der Waals surface area (Å²) in [5.74, 6) is 3.22. The lowest BCUT2D eigenvalue weighted by Gasteiger charge is -2.39. The van der Waals surface area contributed by atoms with Crippen LogP contribution < -0.4 is 5.32 Å². The molecule has 1 aromatic rings. The van der Waals surface area contributed by atoms with E-state index in [1.165, 1.54) is 0 Å². The molecule has 0 saturated carbocycles. The first-order valence-corrected chi connectivity index (χ1v) is 16.3. The Labute approximate surface area is 177 Å². The van der Waals surface area contributed by atoms with Gasteiger partial charge in [-0.1, -0.05) is 58.5 Å². The number of carboxylic acid groups (broad SMARTS) is 1. The van der Waals surface area contributed by atoms with Crippen LogP contribution in [0.2, 0.25) is 37.8 Å². The first kappa shape index (κ1) is 25.2. The number of nitrogens with one attached hydrogen (secondary N) is 1. The van der Waals surface area contributed by atoms with E-state index in [4.69, 9.17) is 4.43 Å². The van der Waals surface area contributed by atoms with Gasteiger partial charge in [0.05, 0.1) is 6.04 Å². The van der Waals surface area contributed by atoms with Crippen LogP contribution >= 0.6 is 0 Å². The van der Waals surface area contributed by atoms with Crippen molar-refractivity contribution >= 4 is 28.8 Å². The molecule has 0 aliphatic heterocycles. The zero-order chi connectivity index (χ0) is 22.5. The molecule has 29 heavy (non-hydrogen) atoms. The molecule has 0 fully saturated rings. The summed E-state index contributed by atoms with van der Waals surface area (Å²) in [4.78, 5) is 23.2. The van der Waals surface area contributed by atoms with Gasteiger partial charge in [0.25, 0.3) is 0 Å². The highest BCUT2D eigenvalue weighted by Gasteiger charge is 2.41. The van der Waals surface area contributed by atoms with Crippen LogP contribution in [0.4, 0.5) is 4.79 Å². The van der Waals surface area contributed by atoms with Crippen molar-refractivity contribution in [3.63, 3.8) is 0 Å². The predicted molar refractivity (Wildman–Crippen MR) is 123 cm³/mol. The molecule has 160 valence electrons. The summed E-state index contributed by atoms with van der Waals surface area (Å²) in [6, 6.07) is 7.06. The van der Waals surface area contributed by atoms with E-state index in [1.807, 2.05) is 37.4 Å². The standard InChI is InChI=1S/C22H35NO4Si2/c1-22(2,3)29(7,8)27-20(16-24)19(23-21(25)26)15-18-11-9-10-17(14-18)12-13-28(4,5)6/h9-11,14,16,19-20,23H,15H2,1-8H3,(H,25,26)/t19-,20+/m0/s1. The molecule has 1 amide bonds. The Hall–Kier alpha value is -1.89. The third-order valence-electron chi connectivity index (χ3n) is 5.04. The van der Waals surface area contributed by atoms with Gasteiger partial charge in [0, 0.05) is 5.56 Å². The predicted octanol–water partition coefficient (Wildman–Crippen LogP) is 4.68. The summed E-state index contributed by atoms with van der Waals surface area (Å²) >= 11 is 0. The van der Waals surface area contributed by atoms with E-state index in [-0.39, 0.29) is 5.04 Å². The summed E-state index contributed by atoms with van der Waals surface area (Å²) in [6.45, 7) is 16.9. The van der Waals surface area contributed by atoms with Crippen LogP contribution in [0.25, 0.3) is 0 Å². The molecule has 7 heteroatoms. The van der Waals surface area contributed by atoms with Crippen LogP contribution in [-0.2, 0) is 15.6 Å². The van der Waals surface area contributed by atoms with Gasteiger partial charge in [-0.25, -0.2) is 4.79 Å². The number of hydrogen-bond donors (Lipinski definition) is 2. The Morgan fingerprint density at radius 3 is 2.34 bits per heavy atom. The first-order valence-electron chi connectivity index (χ1n) is 9.89. The molecule has 1 rings (SSSR count). The maximum Gasteiger partial charge on any atom is 0.404 e. The highest BCUT2D eigenvalue weighted by Crippen LogP contribution is 2.37. The lowest BCUT2D eigenvalue weighted by molar-refractivity contribution is -0.115. The summed E-state index contributed by atoms with van der Waals surface area (Å²) in [6.07, 6.45) is -0.943. The Morgan fingerprint density at radius 2 is 1.86 bits per heavy atom. The number of carbonyl (C=O) groups excluding carboxylic acids is 1. The number of benzene rings is 1. The van der Waals surface area contributed by atoms with Crippen LogP contribution in [0.5, 0.6) is 0 Å². The molecule has 0 bridgehead atoms. The molecule has 5 nitrogen and oxygen atoms in total. The average Bonchev–Trinajstić information content (AvgIpc) is 2.55. The van der Waals surface area contributed by atoms with Gasteiger partial charge in [-0.2, -0.15) is 0 Å².